The Balaban J connectivity index is 2.16. The summed E-state index contributed by atoms with van der Waals surface area (Å²) in [7, 11) is 0. The van der Waals surface area contributed by atoms with Gasteiger partial charge in [-0.3, -0.25) is 4.98 Å². The molecule has 1 N–H and O–H groups in total. The normalized spacial score (nSPS) is 11.1. The van der Waals surface area contributed by atoms with Crippen LogP contribution in [0, 0.1) is 5.82 Å². The van der Waals surface area contributed by atoms with Crippen molar-refractivity contribution >= 4 is 6.09 Å². The average Bonchev–Trinajstić information content (AvgIpc) is 2.45. The fraction of sp³-hybridized carbons (Fsp3) is 0.294. The molecule has 0 radical (unpaired) electrons. The van der Waals surface area contributed by atoms with E-state index in [1.54, 1.807) is 45.2 Å². The zero-order chi connectivity index (χ0) is 16.2. The molecule has 0 aliphatic carbocycles. The molecule has 2 rings (SSSR count). The summed E-state index contributed by atoms with van der Waals surface area (Å²) in [5.74, 6) is -0.346. The summed E-state index contributed by atoms with van der Waals surface area (Å²) in [5, 5.41) is 2.67. The van der Waals surface area contributed by atoms with Gasteiger partial charge in [0.2, 0.25) is 0 Å². The minimum Gasteiger partial charge on any atom is -0.444 e. The Kier molecular flexibility index (Phi) is 4.75. The molecule has 22 heavy (non-hydrogen) atoms. The fourth-order valence-electron chi connectivity index (χ4n) is 1.94. The van der Waals surface area contributed by atoms with Crippen LogP contribution in [0.1, 0.15) is 26.3 Å². The van der Waals surface area contributed by atoms with Crippen LogP contribution in [0.15, 0.2) is 42.6 Å². The Morgan fingerprint density at radius 1 is 1.27 bits per heavy atom. The van der Waals surface area contributed by atoms with Crippen molar-refractivity contribution in [3.05, 3.63) is 54.0 Å². The topological polar surface area (TPSA) is 51.2 Å². The molecule has 116 valence electrons. The van der Waals surface area contributed by atoms with E-state index in [0.29, 0.717) is 11.3 Å². The molecule has 5 heteroatoms. The molecule has 2 aromatic rings. The molecule has 1 amide bonds. The van der Waals surface area contributed by atoms with Crippen LogP contribution < -0.4 is 5.32 Å². The van der Waals surface area contributed by atoms with E-state index in [1.807, 2.05) is 6.07 Å². The average molecular weight is 302 g/mol. The summed E-state index contributed by atoms with van der Waals surface area (Å²) >= 11 is 0. The first-order chi connectivity index (χ1) is 10.3. The minimum absolute atomic E-state index is 0.237. The summed E-state index contributed by atoms with van der Waals surface area (Å²) in [4.78, 5) is 16.0. The SMILES string of the molecule is CC(C)(C)OC(=O)NCc1ccc(F)cc1-c1ccccn1. The second kappa shape index (κ2) is 6.56. The zero-order valence-corrected chi connectivity index (χ0v) is 12.9. The third-order valence-electron chi connectivity index (χ3n) is 2.83. The summed E-state index contributed by atoms with van der Waals surface area (Å²) in [6.07, 6.45) is 1.13. The van der Waals surface area contributed by atoms with Gasteiger partial charge in [0.1, 0.15) is 11.4 Å². The van der Waals surface area contributed by atoms with Crippen molar-refractivity contribution in [2.45, 2.75) is 32.9 Å². The molecule has 1 aromatic heterocycles. The Bertz CT molecular complexity index is 651. The van der Waals surface area contributed by atoms with Crippen molar-refractivity contribution < 1.29 is 13.9 Å². The summed E-state index contributed by atoms with van der Waals surface area (Å²) in [6, 6.07) is 9.83. The zero-order valence-electron chi connectivity index (χ0n) is 12.9. The second-order valence-corrected chi connectivity index (χ2v) is 5.87. The van der Waals surface area contributed by atoms with Gasteiger partial charge in [-0.2, -0.15) is 0 Å². The monoisotopic (exact) mass is 302 g/mol. The van der Waals surface area contributed by atoms with E-state index in [-0.39, 0.29) is 12.4 Å². The molecular formula is C17H19FN2O2. The molecule has 0 saturated carbocycles. The number of hydrogen-bond donors (Lipinski definition) is 1. The Morgan fingerprint density at radius 2 is 2.05 bits per heavy atom. The highest BCUT2D eigenvalue weighted by atomic mass is 19.1. The number of nitrogens with zero attached hydrogens (tertiary/aromatic N) is 1. The molecule has 1 aromatic carbocycles. The molecule has 0 saturated heterocycles. The molecule has 0 bridgehead atoms. The van der Waals surface area contributed by atoms with Gasteiger partial charge in [-0.25, -0.2) is 9.18 Å². The van der Waals surface area contributed by atoms with Crippen LogP contribution in [0.3, 0.4) is 0 Å². The molecule has 0 atom stereocenters. The lowest BCUT2D eigenvalue weighted by molar-refractivity contribution is 0.0523. The third-order valence-corrected chi connectivity index (χ3v) is 2.83. The number of pyridine rings is 1. The number of carbonyl (C=O) groups excluding carboxylic acids is 1. The number of aromatic nitrogens is 1. The maximum absolute atomic E-state index is 13.5. The van der Waals surface area contributed by atoms with Gasteiger partial charge >= 0.3 is 6.09 Å². The molecule has 0 aliphatic heterocycles. The van der Waals surface area contributed by atoms with Crippen LogP contribution in [-0.4, -0.2) is 16.7 Å². The quantitative estimate of drug-likeness (QED) is 0.935. The van der Waals surface area contributed by atoms with Crippen molar-refractivity contribution in [2.75, 3.05) is 0 Å². The first kappa shape index (κ1) is 15.9. The molecule has 0 unspecified atom stereocenters. The van der Waals surface area contributed by atoms with Gasteiger partial charge in [0.05, 0.1) is 5.69 Å². The maximum atomic E-state index is 13.5. The van der Waals surface area contributed by atoms with Crippen LogP contribution in [0.5, 0.6) is 0 Å². The van der Waals surface area contributed by atoms with Gasteiger partial charge in [-0.1, -0.05) is 12.1 Å². The number of ether oxygens (including phenoxy) is 1. The number of hydrogen-bond acceptors (Lipinski definition) is 3. The summed E-state index contributed by atoms with van der Waals surface area (Å²) in [6.45, 7) is 5.62. The first-order valence-corrected chi connectivity index (χ1v) is 7.02. The summed E-state index contributed by atoms with van der Waals surface area (Å²) < 4.78 is 18.7. The highest BCUT2D eigenvalue weighted by Gasteiger charge is 2.16. The van der Waals surface area contributed by atoms with E-state index < -0.39 is 11.7 Å². The van der Waals surface area contributed by atoms with E-state index in [2.05, 4.69) is 10.3 Å². The molecule has 0 spiro atoms. The van der Waals surface area contributed by atoms with Crippen LogP contribution in [0.25, 0.3) is 11.3 Å². The van der Waals surface area contributed by atoms with Crippen molar-refractivity contribution in [3.8, 4) is 11.3 Å². The molecule has 1 heterocycles. The van der Waals surface area contributed by atoms with E-state index >= 15 is 0 Å². The lowest BCUT2D eigenvalue weighted by atomic mass is 10.0. The van der Waals surface area contributed by atoms with Gasteiger partial charge in [0, 0.05) is 18.3 Å². The van der Waals surface area contributed by atoms with Crippen LogP contribution in [0.4, 0.5) is 9.18 Å². The van der Waals surface area contributed by atoms with E-state index in [0.717, 1.165) is 5.56 Å². The van der Waals surface area contributed by atoms with Gasteiger partial charge in [0.15, 0.2) is 0 Å². The van der Waals surface area contributed by atoms with Crippen molar-refractivity contribution in [2.24, 2.45) is 0 Å². The lowest BCUT2D eigenvalue weighted by Gasteiger charge is -2.20. The van der Waals surface area contributed by atoms with Gasteiger partial charge in [0.25, 0.3) is 0 Å². The molecule has 0 fully saturated rings. The lowest BCUT2D eigenvalue weighted by Crippen LogP contribution is -2.32. The molecule has 0 aliphatic rings. The standard InChI is InChI=1S/C17H19FN2O2/c1-17(2,3)22-16(21)20-11-12-7-8-13(18)10-14(12)15-6-4-5-9-19-15/h4-10H,11H2,1-3H3,(H,20,21). The van der Waals surface area contributed by atoms with Crippen molar-refractivity contribution in [1.82, 2.24) is 10.3 Å². The highest BCUT2D eigenvalue weighted by Crippen LogP contribution is 2.23. The number of rotatable bonds is 3. The number of halogens is 1. The van der Waals surface area contributed by atoms with E-state index in [1.165, 1.54) is 12.1 Å². The number of alkyl carbamates (subject to hydrolysis) is 1. The van der Waals surface area contributed by atoms with Crippen molar-refractivity contribution in [1.29, 1.82) is 0 Å². The Labute approximate surface area is 129 Å². The highest BCUT2D eigenvalue weighted by molar-refractivity contribution is 5.69. The van der Waals surface area contributed by atoms with Crippen LogP contribution >= 0.6 is 0 Å². The van der Waals surface area contributed by atoms with Crippen molar-refractivity contribution in [3.63, 3.8) is 0 Å². The van der Waals surface area contributed by atoms with E-state index in [9.17, 15) is 9.18 Å². The molecule has 4 nitrogen and oxygen atoms in total. The largest absolute Gasteiger partial charge is 0.444 e. The third kappa shape index (κ3) is 4.55. The van der Waals surface area contributed by atoms with Crippen LogP contribution in [-0.2, 0) is 11.3 Å². The smallest absolute Gasteiger partial charge is 0.407 e. The first-order valence-electron chi connectivity index (χ1n) is 7.02. The number of amides is 1. The second-order valence-electron chi connectivity index (χ2n) is 5.87. The van der Waals surface area contributed by atoms with Gasteiger partial charge in [-0.15, -0.1) is 0 Å². The molecular weight excluding hydrogens is 283 g/mol. The number of carbonyl (C=O) groups is 1. The summed E-state index contributed by atoms with van der Waals surface area (Å²) in [5.41, 5.74) is 1.52. The van der Waals surface area contributed by atoms with E-state index in [4.69, 9.17) is 4.74 Å². The van der Waals surface area contributed by atoms with Gasteiger partial charge in [-0.05, 0) is 50.6 Å². The fourth-order valence-corrected chi connectivity index (χ4v) is 1.94. The Morgan fingerprint density at radius 3 is 2.68 bits per heavy atom. The number of benzene rings is 1. The number of nitrogens with one attached hydrogen (secondary N) is 1. The predicted octanol–water partition coefficient (Wildman–Crippen LogP) is 3.91. The predicted molar refractivity (Wildman–Crippen MR) is 82.7 cm³/mol. The maximum Gasteiger partial charge on any atom is 0.407 e. The minimum atomic E-state index is -0.559. The van der Waals surface area contributed by atoms with Crippen LogP contribution in [0.2, 0.25) is 0 Å². The van der Waals surface area contributed by atoms with Gasteiger partial charge < -0.3 is 10.1 Å². The Hall–Kier alpha value is -2.43.